The lowest BCUT2D eigenvalue weighted by Gasteiger charge is -2.32. The van der Waals surface area contributed by atoms with Crippen LogP contribution in [0.25, 0.3) is 0 Å². The highest BCUT2D eigenvalue weighted by Crippen LogP contribution is 2.36. The summed E-state index contributed by atoms with van der Waals surface area (Å²) in [7, 11) is 1.19. The highest BCUT2D eigenvalue weighted by atomic mass is 32.1. The topological polar surface area (TPSA) is 56.8 Å². The van der Waals surface area contributed by atoms with Crippen molar-refractivity contribution in [2.75, 3.05) is 7.11 Å². The third-order valence-corrected chi connectivity index (χ3v) is 6.05. The maximum atomic E-state index is 12.4. The third kappa shape index (κ3) is 3.80. The first-order valence-corrected chi connectivity index (χ1v) is 9.40. The summed E-state index contributed by atoms with van der Waals surface area (Å²) in [6, 6.07) is 11.3. The summed E-state index contributed by atoms with van der Waals surface area (Å²) in [6.07, 6.45) is 0. The molecular formula is C19H24BNO4S. The number of rotatable bonds is 5. The van der Waals surface area contributed by atoms with E-state index in [1.165, 1.54) is 11.3 Å². The number of nitrogens with one attached hydrogen (secondary N) is 1. The van der Waals surface area contributed by atoms with Gasteiger partial charge < -0.3 is 19.4 Å². The molecule has 1 amide bonds. The lowest BCUT2D eigenvalue weighted by molar-refractivity contribution is 0.00578. The molecule has 2 aromatic rings. The van der Waals surface area contributed by atoms with Crippen LogP contribution in [-0.4, -0.2) is 31.3 Å². The molecular weight excluding hydrogens is 349 g/mol. The fourth-order valence-corrected chi connectivity index (χ4v) is 3.46. The lowest BCUT2D eigenvalue weighted by atomic mass is 9.88. The maximum absolute atomic E-state index is 12.4. The van der Waals surface area contributed by atoms with E-state index in [4.69, 9.17) is 14.0 Å². The van der Waals surface area contributed by atoms with Crippen molar-refractivity contribution in [3.8, 4) is 5.75 Å². The Morgan fingerprint density at radius 3 is 2.27 bits per heavy atom. The number of hydrogen-bond donors (Lipinski definition) is 1. The van der Waals surface area contributed by atoms with Crippen molar-refractivity contribution in [3.63, 3.8) is 0 Å². The van der Waals surface area contributed by atoms with Gasteiger partial charge >= 0.3 is 7.12 Å². The molecule has 0 bridgehead atoms. The third-order valence-electron chi connectivity index (χ3n) is 4.95. The van der Waals surface area contributed by atoms with Crippen molar-refractivity contribution in [2.45, 2.75) is 45.4 Å². The molecule has 1 fully saturated rings. The molecule has 0 unspecified atom stereocenters. The first-order chi connectivity index (χ1) is 12.2. The minimum atomic E-state index is -0.437. The van der Waals surface area contributed by atoms with E-state index in [0.717, 1.165) is 16.1 Å². The summed E-state index contributed by atoms with van der Waals surface area (Å²) in [6.45, 7) is 8.53. The molecule has 1 N–H and O–H groups in total. The zero-order chi connectivity index (χ0) is 18.9. The van der Waals surface area contributed by atoms with Crippen molar-refractivity contribution in [2.24, 2.45) is 0 Å². The molecule has 138 valence electrons. The van der Waals surface area contributed by atoms with Gasteiger partial charge in [-0.1, -0.05) is 18.2 Å². The highest BCUT2D eigenvalue weighted by molar-refractivity contribution is 7.23. The van der Waals surface area contributed by atoms with Crippen LogP contribution in [0.15, 0.2) is 36.4 Å². The number of ether oxygens (including phenoxy) is 1. The van der Waals surface area contributed by atoms with Crippen LogP contribution >= 0.6 is 11.3 Å². The Morgan fingerprint density at radius 2 is 1.69 bits per heavy atom. The van der Waals surface area contributed by atoms with Gasteiger partial charge in [-0.25, -0.2) is 0 Å². The van der Waals surface area contributed by atoms with E-state index in [1.54, 1.807) is 7.11 Å². The fourth-order valence-electron chi connectivity index (χ4n) is 2.57. The first-order valence-electron chi connectivity index (χ1n) is 8.58. The Kier molecular flexibility index (Phi) is 5.15. The van der Waals surface area contributed by atoms with Crippen molar-refractivity contribution >= 4 is 29.1 Å². The van der Waals surface area contributed by atoms with Gasteiger partial charge in [-0.05, 0) is 51.5 Å². The van der Waals surface area contributed by atoms with E-state index in [-0.39, 0.29) is 5.91 Å². The van der Waals surface area contributed by atoms with Crippen LogP contribution in [-0.2, 0) is 15.9 Å². The molecule has 5 nitrogen and oxygen atoms in total. The van der Waals surface area contributed by atoms with E-state index in [1.807, 2.05) is 64.1 Å². The van der Waals surface area contributed by atoms with E-state index in [2.05, 4.69) is 5.32 Å². The Labute approximate surface area is 158 Å². The summed E-state index contributed by atoms with van der Waals surface area (Å²) >= 11 is 1.40. The van der Waals surface area contributed by atoms with Gasteiger partial charge in [0.05, 0.1) is 23.2 Å². The fraction of sp³-hybridized carbons (Fsp3) is 0.421. The normalized spacial score (nSPS) is 18.0. The van der Waals surface area contributed by atoms with E-state index in [9.17, 15) is 4.79 Å². The van der Waals surface area contributed by atoms with Gasteiger partial charge in [-0.3, -0.25) is 4.79 Å². The molecule has 2 heterocycles. The van der Waals surface area contributed by atoms with Gasteiger partial charge in [0.2, 0.25) is 0 Å². The van der Waals surface area contributed by atoms with Crippen molar-refractivity contribution in [1.82, 2.24) is 5.32 Å². The maximum Gasteiger partial charge on any atom is 0.505 e. The first kappa shape index (κ1) is 19.0. The minimum Gasteiger partial charge on any atom is -0.497 e. The molecule has 1 aliphatic rings. The summed E-state index contributed by atoms with van der Waals surface area (Å²) in [5.74, 6) is 0.693. The standard InChI is InChI=1S/C19H24BNO4S/c1-18(2)19(3,4)25-20(24-18)16-11-10-15(26-16)17(22)21-12-13-6-8-14(23-5)9-7-13/h6-11H,12H2,1-5H3,(H,21,22). The van der Waals surface area contributed by atoms with Crippen LogP contribution in [0.3, 0.4) is 0 Å². The van der Waals surface area contributed by atoms with Crippen molar-refractivity contribution in [3.05, 3.63) is 46.8 Å². The molecule has 0 radical (unpaired) electrons. The second-order valence-corrected chi connectivity index (χ2v) is 8.44. The molecule has 0 saturated carbocycles. The molecule has 0 aliphatic carbocycles. The molecule has 7 heteroatoms. The smallest absolute Gasteiger partial charge is 0.497 e. The Hall–Kier alpha value is -1.83. The summed E-state index contributed by atoms with van der Waals surface area (Å²) in [5.41, 5.74) is 0.235. The second-order valence-electron chi connectivity index (χ2n) is 7.32. The van der Waals surface area contributed by atoms with E-state index >= 15 is 0 Å². The quantitative estimate of drug-likeness (QED) is 0.819. The number of carbonyl (C=O) groups is 1. The average Bonchev–Trinajstić information content (AvgIpc) is 3.16. The zero-order valence-corrected chi connectivity index (χ0v) is 16.6. The SMILES string of the molecule is COc1ccc(CNC(=O)c2ccc(B3OC(C)(C)C(C)(C)O3)s2)cc1. The number of benzene rings is 1. The largest absolute Gasteiger partial charge is 0.505 e. The highest BCUT2D eigenvalue weighted by Gasteiger charge is 2.52. The molecule has 0 spiro atoms. The number of hydrogen-bond acceptors (Lipinski definition) is 5. The summed E-state index contributed by atoms with van der Waals surface area (Å²) in [5, 5.41) is 2.94. The van der Waals surface area contributed by atoms with Gasteiger partial charge in [0.25, 0.3) is 5.91 Å². The van der Waals surface area contributed by atoms with E-state index in [0.29, 0.717) is 11.4 Å². The molecule has 0 atom stereocenters. The van der Waals surface area contributed by atoms with Gasteiger partial charge in [0.1, 0.15) is 5.75 Å². The number of thiophene rings is 1. The monoisotopic (exact) mass is 373 g/mol. The van der Waals surface area contributed by atoms with Crippen LogP contribution in [0.5, 0.6) is 5.75 Å². The van der Waals surface area contributed by atoms with Crippen LogP contribution < -0.4 is 14.8 Å². The zero-order valence-electron chi connectivity index (χ0n) is 15.8. The van der Waals surface area contributed by atoms with Crippen molar-refractivity contribution in [1.29, 1.82) is 0 Å². The Morgan fingerprint density at radius 1 is 1.08 bits per heavy atom. The molecule has 26 heavy (non-hydrogen) atoms. The summed E-state index contributed by atoms with van der Waals surface area (Å²) in [4.78, 5) is 13.1. The molecule has 1 aliphatic heterocycles. The van der Waals surface area contributed by atoms with Gasteiger partial charge in [0, 0.05) is 11.3 Å². The molecule has 1 aromatic heterocycles. The second kappa shape index (κ2) is 7.06. The van der Waals surface area contributed by atoms with Gasteiger partial charge in [-0.15, -0.1) is 11.3 Å². The van der Waals surface area contributed by atoms with Gasteiger partial charge in [-0.2, -0.15) is 0 Å². The predicted molar refractivity (Wildman–Crippen MR) is 104 cm³/mol. The Balaban J connectivity index is 1.61. The van der Waals surface area contributed by atoms with Crippen LogP contribution in [0, 0.1) is 0 Å². The number of amides is 1. The molecule has 1 aromatic carbocycles. The molecule has 3 rings (SSSR count). The Bertz CT molecular complexity index is 769. The number of methoxy groups -OCH3 is 1. The van der Waals surface area contributed by atoms with Crippen LogP contribution in [0.4, 0.5) is 0 Å². The van der Waals surface area contributed by atoms with Crippen LogP contribution in [0.2, 0.25) is 0 Å². The van der Waals surface area contributed by atoms with Crippen molar-refractivity contribution < 1.29 is 18.8 Å². The molecule has 1 saturated heterocycles. The average molecular weight is 373 g/mol. The van der Waals surface area contributed by atoms with Crippen LogP contribution in [0.1, 0.15) is 42.9 Å². The summed E-state index contributed by atoms with van der Waals surface area (Å²) < 4.78 is 18.1. The minimum absolute atomic E-state index is 0.103. The van der Waals surface area contributed by atoms with Gasteiger partial charge in [0.15, 0.2) is 0 Å². The number of carbonyl (C=O) groups excluding carboxylic acids is 1. The predicted octanol–water partition coefficient (Wildman–Crippen LogP) is 2.99. The van der Waals surface area contributed by atoms with E-state index < -0.39 is 18.3 Å². The lowest BCUT2D eigenvalue weighted by Crippen LogP contribution is -2.41.